The van der Waals surface area contributed by atoms with Gasteiger partial charge in [-0.2, -0.15) is 43.9 Å². The molecule has 0 aliphatic carbocycles. The number of phenolic OH excluding ortho intramolecular Hbond substituents is 2. The Kier molecular flexibility index (Phi) is 12.1. The first-order valence-electron chi connectivity index (χ1n) is 16.9. The number of aromatic carboxylic acids is 1. The molecule has 0 aliphatic rings. The summed E-state index contributed by atoms with van der Waals surface area (Å²) in [7, 11) is -20.8. The van der Waals surface area contributed by atoms with Gasteiger partial charge in [-0.25, -0.2) is 9.48 Å². The smallest absolute Gasteiger partial charge is 0.342 e. The van der Waals surface area contributed by atoms with Crippen LogP contribution in [0.2, 0.25) is 0 Å². The molecule has 0 spiro atoms. The molecule has 0 aliphatic heterocycles. The van der Waals surface area contributed by atoms with Crippen LogP contribution in [0.3, 0.4) is 0 Å². The lowest BCUT2D eigenvalue weighted by Crippen LogP contribution is -2.14. The number of carboxylic acid groups (broad SMARTS) is 1. The third-order valence-electron chi connectivity index (χ3n) is 8.66. The Balaban J connectivity index is 1.44. The highest BCUT2D eigenvalue weighted by Gasteiger charge is 2.30. The number of azo groups is 3. The summed E-state index contributed by atoms with van der Waals surface area (Å²) in [6.07, 6.45) is 0. The van der Waals surface area contributed by atoms with Gasteiger partial charge in [-0.15, -0.1) is 20.5 Å². The van der Waals surface area contributed by atoms with Gasteiger partial charge in [0, 0.05) is 6.07 Å². The van der Waals surface area contributed by atoms with E-state index in [1.54, 1.807) is 0 Å². The van der Waals surface area contributed by atoms with Crippen molar-refractivity contribution in [2.24, 2.45) is 30.7 Å². The van der Waals surface area contributed by atoms with Gasteiger partial charge in [0.25, 0.3) is 51.7 Å². The zero-order valence-electron chi connectivity index (χ0n) is 31.7. The van der Waals surface area contributed by atoms with E-state index in [0.717, 1.165) is 35.0 Å². The summed E-state index contributed by atoms with van der Waals surface area (Å²) in [5.41, 5.74) is -6.80. The minimum absolute atomic E-state index is 0.103. The van der Waals surface area contributed by atoms with Crippen LogP contribution in [0.1, 0.15) is 16.1 Å². The number of nitro benzene ring substituents is 1. The van der Waals surface area contributed by atoms with E-state index in [0.29, 0.717) is 30.3 Å². The van der Waals surface area contributed by atoms with Crippen LogP contribution in [0.4, 0.5) is 39.8 Å². The van der Waals surface area contributed by atoms with Crippen molar-refractivity contribution in [1.82, 2.24) is 9.78 Å². The van der Waals surface area contributed by atoms with E-state index in [4.69, 9.17) is 0 Å². The van der Waals surface area contributed by atoms with Gasteiger partial charge in [-0.1, -0.05) is 0 Å². The number of carbonyl (C=O) groups is 1. The number of benzene rings is 5. The van der Waals surface area contributed by atoms with Crippen LogP contribution in [-0.2, 0) is 40.5 Å². The van der Waals surface area contributed by atoms with E-state index in [9.17, 15) is 86.9 Å². The van der Waals surface area contributed by atoms with Gasteiger partial charge in [0.15, 0.2) is 17.2 Å². The molecule has 0 amide bonds. The molecular weight excluding hydrogens is 955 g/mol. The summed E-state index contributed by atoms with van der Waals surface area (Å²) >= 11 is 0. The zero-order valence-corrected chi connectivity index (χ0v) is 34.9. The van der Waals surface area contributed by atoms with Crippen LogP contribution in [0.15, 0.2) is 128 Å². The first-order chi connectivity index (χ1) is 30.1. The predicted octanol–water partition coefficient (Wildman–Crippen LogP) is 5.88. The average Bonchev–Trinajstić information content (AvgIpc) is 3.49. The summed E-state index contributed by atoms with van der Waals surface area (Å²) < 4.78 is 138. The van der Waals surface area contributed by atoms with Crippen molar-refractivity contribution < 1.29 is 76.9 Å². The third-order valence-corrected chi connectivity index (χ3v) is 12.1. The van der Waals surface area contributed by atoms with Crippen LogP contribution in [-0.4, -0.2) is 87.9 Å². The maximum absolute atomic E-state index is 13.1. The van der Waals surface area contributed by atoms with Gasteiger partial charge in [0.2, 0.25) is 0 Å². The predicted molar refractivity (Wildman–Crippen MR) is 217 cm³/mol. The topological polar surface area (TPSA) is 450 Å². The van der Waals surface area contributed by atoms with Gasteiger partial charge in [-0.3, -0.25) is 38.2 Å². The van der Waals surface area contributed by atoms with Crippen LogP contribution < -0.4 is 5.56 Å². The lowest BCUT2D eigenvalue weighted by molar-refractivity contribution is -0.385. The fourth-order valence-electron chi connectivity index (χ4n) is 5.74. The fraction of sp³-hybridized carbons (Fsp3) is 0.0303. The number of carboxylic acids is 1. The second-order valence-corrected chi connectivity index (χ2v) is 18.5. The van der Waals surface area contributed by atoms with Crippen molar-refractivity contribution in [2.45, 2.75) is 26.5 Å². The van der Waals surface area contributed by atoms with E-state index < -0.39 is 133 Å². The summed E-state index contributed by atoms with van der Waals surface area (Å²) in [5.74, 6) is -4.58. The zero-order chi connectivity index (χ0) is 48.1. The molecule has 0 radical (unpaired) electrons. The molecule has 32 heteroatoms. The number of aryl methyl sites for hydroxylation is 1. The summed E-state index contributed by atoms with van der Waals surface area (Å²) in [5, 5.41) is 65.9. The highest BCUT2D eigenvalue weighted by atomic mass is 32.2. The molecule has 0 saturated carbocycles. The molecule has 338 valence electrons. The largest absolute Gasteiger partial charge is 0.505 e. The van der Waals surface area contributed by atoms with Crippen molar-refractivity contribution in [3.8, 4) is 17.2 Å². The SMILES string of the molecule is Cc1[nH]n(-c2ccc(S(=O)(=O)O)cc2)c(=O)c1N=Nc1ccc(N=Nc2c(S(=O)(=O)O)cc3cc(S(=O)(=O)O)c(N=Nc4ccc([N+](=O)[O-])c(C(=O)O)c4)c(O)c3c2O)c(S(=O)(=O)O)c1. The Morgan fingerprint density at radius 2 is 1.14 bits per heavy atom. The number of hydrogen-bond donors (Lipinski definition) is 8. The third kappa shape index (κ3) is 9.62. The van der Waals surface area contributed by atoms with E-state index in [1.807, 2.05) is 0 Å². The van der Waals surface area contributed by atoms with E-state index in [-0.39, 0.29) is 22.8 Å². The van der Waals surface area contributed by atoms with Gasteiger partial charge in [-0.05, 0) is 79.0 Å². The van der Waals surface area contributed by atoms with Crippen molar-refractivity contribution in [3.05, 3.63) is 105 Å². The Labute approximate surface area is 361 Å². The van der Waals surface area contributed by atoms with E-state index >= 15 is 0 Å². The lowest BCUT2D eigenvalue weighted by atomic mass is 10.1. The molecular formula is C33H23N9O19S4. The molecule has 0 atom stereocenters. The minimum Gasteiger partial charge on any atom is -0.505 e. The maximum Gasteiger partial charge on any atom is 0.342 e. The van der Waals surface area contributed by atoms with Crippen LogP contribution in [0.5, 0.6) is 11.5 Å². The second kappa shape index (κ2) is 16.8. The highest BCUT2D eigenvalue weighted by molar-refractivity contribution is 7.86. The number of phenols is 2. The Morgan fingerprint density at radius 1 is 0.646 bits per heavy atom. The van der Waals surface area contributed by atoms with Crippen LogP contribution in [0, 0.1) is 17.0 Å². The van der Waals surface area contributed by atoms with Gasteiger partial charge in [0.1, 0.15) is 37.3 Å². The number of nitrogens with zero attached hydrogens (tertiary/aromatic N) is 8. The quantitative estimate of drug-likeness (QED) is 0.0290. The van der Waals surface area contributed by atoms with Crippen molar-refractivity contribution in [1.29, 1.82) is 0 Å². The molecule has 1 heterocycles. The number of nitro groups is 1. The molecule has 0 fully saturated rings. The Hall–Kier alpha value is -7.72. The number of fused-ring (bicyclic) bond motifs is 1. The first kappa shape index (κ1) is 46.8. The van der Waals surface area contributed by atoms with Crippen molar-refractivity contribution in [2.75, 3.05) is 0 Å². The number of aromatic amines is 1. The number of nitrogens with one attached hydrogen (secondary N) is 1. The molecule has 0 bridgehead atoms. The molecule has 5 aromatic carbocycles. The molecule has 8 N–H and O–H groups in total. The number of aromatic hydroxyl groups is 2. The minimum atomic E-state index is -5.50. The fourth-order valence-corrected chi connectivity index (χ4v) is 8.18. The van der Waals surface area contributed by atoms with Gasteiger partial charge < -0.3 is 15.3 Å². The molecule has 6 aromatic rings. The first-order valence-corrected chi connectivity index (χ1v) is 22.6. The Morgan fingerprint density at radius 3 is 1.63 bits per heavy atom. The number of aromatic nitrogens is 2. The van der Waals surface area contributed by atoms with Crippen molar-refractivity contribution in [3.63, 3.8) is 0 Å². The average molecular weight is 978 g/mol. The number of H-pyrrole nitrogens is 1. The van der Waals surface area contributed by atoms with Crippen LogP contribution >= 0.6 is 0 Å². The Bertz CT molecular complexity index is 3660. The number of rotatable bonds is 13. The summed E-state index contributed by atoms with van der Waals surface area (Å²) in [6.45, 7) is 1.40. The van der Waals surface area contributed by atoms with E-state index in [1.165, 1.54) is 19.1 Å². The monoisotopic (exact) mass is 977 g/mol. The molecule has 0 unspecified atom stereocenters. The molecule has 0 saturated heterocycles. The normalized spacial score (nSPS) is 12.8. The van der Waals surface area contributed by atoms with Gasteiger partial charge >= 0.3 is 5.97 Å². The van der Waals surface area contributed by atoms with E-state index in [2.05, 4.69) is 35.8 Å². The van der Waals surface area contributed by atoms with Gasteiger partial charge in [0.05, 0.1) is 38.0 Å². The molecule has 65 heavy (non-hydrogen) atoms. The standard InChI is InChI=1S/C33H23N9O19S4/c1-14-27(32(45)41(40-14)18-4-6-19(7-5-18)62(50,51)52)37-35-17-2-8-21(23(13-17)63(53,54)55)36-39-29-25(65(59,60)61)11-15-10-24(64(56,57)58)28(30(43)26(15)31(29)44)38-34-16-3-9-22(42(48)49)20(12-16)33(46)47/h2-13,40,43-44H,1H3,(H,46,47)(H,50,51,52)(H,53,54,55)(H,56,57,58)(H,59,60,61). The van der Waals surface area contributed by atoms with Crippen molar-refractivity contribution >= 4 is 97.0 Å². The molecule has 6 rings (SSSR count). The summed E-state index contributed by atoms with van der Waals surface area (Å²) in [4.78, 5) is 30.7. The second-order valence-electron chi connectivity index (χ2n) is 12.9. The summed E-state index contributed by atoms with van der Waals surface area (Å²) in [6, 6.07) is 9.99. The lowest BCUT2D eigenvalue weighted by Gasteiger charge is -2.13. The molecule has 28 nitrogen and oxygen atoms in total. The number of hydrogen-bond acceptors (Lipinski definition) is 20. The molecule has 1 aromatic heterocycles. The maximum atomic E-state index is 13.1. The highest BCUT2D eigenvalue weighted by Crippen LogP contribution is 2.50. The van der Waals surface area contributed by atoms with Crippen LogP contribution in [0.25, 0.3) is 16.5 Å².